The fourth-order valence-electron chi connectivity index (χ4n) is 3.32. The van der Waals surface area contributed by atoms with E-state index in [-0.39, 0.29) is 34.6 Å². The molecule has 5 nitrogen and oxygen atoms in total. The first-order valence-corrected chi connectivity index (χ1v) is 12.2. The Morgan fingerprint density at radius 2 is 2.08 bits per heavy atom. The van der Waals surface area contributed by atoms with Gasteiger partial charge in [-0.05, 0) is 53.6 Å². The third-order valence-electron chi connectivity index (χ3n) is 4.69. The molecule has 2 fully saturated rings. The maximum Gasteiger partial charge on any atom is 0.251 e. The summed E-state index contributed by atoms with van der Waals surface area (Å²) in [5.41, 5.74) is 0.903. The Morgan fingerprint density at radius 3 is 2.72 bits per heavy atom. The minimum absolute atomic E-state index is 0.0591. The summed E-state index contributed by atoms with van der Waals surface area (Å²) in [6, 6.07) is 7.74. The van der Waals surface area contributed by atoms with Gasteiger partial charge in [-0.2, -0.15) is 4.99 Å². The van der Waals surface area contributed by atoms with Crippen molar-refractivity contribution in [1.29, 1.82) is 0 Å². The highest BCUT2D eigenvalue weighted by atomic mass is 127. The number of nitrogens with zero attached hydrogens (tertiary/aromatic N) is 2. The fourth-order valence-corrected chi connectivity index (χ4v) is 7.76. The lowest BCUT2D eigenvalue weighted by molar-refractivity contribution is -0.121. The summed E-state index contributed by atoms with van der Waals surface area (Å²) in [6.07, 6.45) is 1.53. The number of fused-ring (bicyclic) bond motifs is 1. The lowest BCUT2D eigenvalue weighted by Crippen LogP contribution is -2.38. The molecule has 25 heavy (non-hydrogen) atoms. The Balaban J connectivity index is 1.99. The molecule has 1 aromatic rings. The molecule has 136 valence electrons. The minimum Gasteiger partial charge on any atom is -0.316 e. The van der Waals surface area contributed by atoms with Crippen LogP contribution in [-0.2, 0) is 14.6 Å². The van der Waals surface area contributed by atoms with Crippen LogP contribution < -0.4 is 4.90 Å². The second kappa shape index (κ2) is 7.56. The summed E-state index contributed by atoms with van der Waals surface area (Å²) in [5, 5.41) is 0.583. The maximum atomic E-state index is 12.5. The number of carbonyl (C=O) groups is 1. The summed E-state index contributed by atoms with van der Waals surface area (Å²) in [7, 11) is -3.04. The van der Waals surface area contributed by atoms with Crippen LogP contribution in [0.1, 0.15) is 26.7 Å². The molecule has 0 radical (unpaired) electrons. The van der Waals surface area contributed by atoms with Crippen LogP contribution in [0.15, 0.2) is 29.3 Å². The van der Waals surface area contributed by atoms with Crippen molar-refractivity contribution in [2.24, 2.45) is 10.9 Å². The number of sulfone groups is 1. The first kappa shape index (κ1) is 19.2. The Hall–Kier alpha value is -0.610. The largest absolute Gasteiger partial charge is 0.316 e. The van der Waals surface area contributed by atoms with Crippen LogP contribution in [0.2, 0.25) is 0 Å². The Kier molecular flexibility index (Phi) is 5.79. The van der Waals surface area contributed by atoms with Crippen molar-refractivity contribution in [3.63, 3.8) is 0 Å². The number of rotatable bonds is 4. The van der Waals surface area contributed by atoms with Gasteiger partial charge in [-0.25, -0.2) is 8.42 Å². The van der Waals surface area contributed by atoms with Gasteiger partial charge in [0, 0.05) is 20.4 Å². The van der Waals surface area contributed by atoms with Gasteiger partial charge in [-0.3, -0.25) is 4.79 Å². The van der Waals surface area contributed by atoms with Crippen LogP contribution in [0.25, 0.3) is 0 Å². The molecule has 1 aromatic carbocycles. The Bertz CT molecular complexity index is 806. The van der Waals surface area contributed by atoms with E-state index in [0.717, 1.165) is 22.1 Å². The second-order valence-corrected chi connectivity index (χ2v) is 11.0. The van der Waals surface area contributed by atoms with Crippen LogP contribution in [0.4, 0.5) is 5.69 Å². The van der Waals surface area contributed by atoms with E-state index < -0.39 is 9.84 Å². The molecule has 0 unspecified atom stereocenters. The monoisotopic (exact) mass is 492 g/mol. The molecule has 2 heterocycles. The molecule has 0 spiro atoms. The fraction of sp³-hybridized carbons (Fsp3) is 0.529. The number of hydrogen-bond donors (Lipinski definition) is 0. The van der Waals surface area contributed by atoms with Gasteiger partial charge in [-0.15, -0.1) is 0 Å². The van der Waals surface area contributed by atoms with Crippen molar-refractivity contribution in [2.75, 3.05) is 16.4 Å². The van der Waals surface area contributed by atoms with Crippen molar-refractivity contribution < 1.29 is 13.2 Å². The summed E-state index contributed by atoms with van der Waals surface area (Å²) >= 11 is 3.67. The third-order valence-corrected chi connectivity index (χ3v) is 8.57. The average Bonchev–Trinajstić information content (AvgIpc) is 2.99. The van der Waals surface area contributed by atoms with Gasteiger partial charge in [0.05, 0.1) is 17.5 Å². The van der Waals surface area contributed by atoms with Crippen LogP contribution in [0.5, 0.6) is 0 Å². The normalized spacial score (nSPS) is 26.4. The van der Waals surface area contributed by atoms with E-state index in [0.29, 0.717) is 5.17 Å². The summed E-state index contributed by atoms with van der Waals surface area (Å²) in [4.78, 5) is 18.9. The van der Waals surface area contributed by atoms with Crippen molar-refractivity contribution in [3.05, 3.63) is 27.8 Å². The van der Waals surface area contributed by atoms with Crippen LogP contribution in [-0.4, -0.2) is 42.3 Å². The topological polar surface area (TPSA) is 66.8 Å². The predicted molar refractivity (Wildman–Crippen MR) is 112 cm³/mol. The Morgan fingerprint density at radius 1 is 1.36 bits per heavy atom. The van der Waals surface area contributed by atoms with Crippen LogP contribution >= 0.6 is 34.4 Å². The van der Waals surface area contributed by atoms with Gasteiger partial charge < -0.3 is 4.90 Å². The number of hydrogen-bond acceptors (Lipinski definition) is 4. The average molecular weight is 492 g/mol. The number of amidine groups is 1. The van der Waals surface area contributed by atoms with Gasteiger partial charge in [0.1, 0.15) is 0 Å². The zero-order valence-corrected chi connectivity index (χ0v) is 18.0. The molecule has 0 aliphatic carbocycles. The van der Waals surface area contributed by atoms with E-state index in [1.54, 1.807) is 0 Å². The molecule has 8 heteroatoms. The standard InChI is InChI=1S/C17H21IN2O3S2/c1-3-11(4-2)16(21)19-17-20(13-7-5-6-12(18)8-13)14-9-25(22,23)10-15(14)24-17/h5-8,11,14-15H,3-4,9-10H2,1-2H3/t14-,15+/m0/s1. The summed E-state index contributed by atoms with van der Waals surface area (Å²) in [5.74, 6) is 0.0935. The molecule has 2 atom stereocenters. The molecule has 0 aromatic heterocycles. The van der Waals surface area contributed by atoms with Crippen LogP contribution in [0.3, 0.4) is 0 Å². The second-order valence-electron chi connectivity index (χ2n) is 6.40. The molecule has 2 saturated heterocycles. The molecular formula is C17H21IN2O3S2. The highest BCUT2D eigenvalue weighted by molar-refractivity contribution is 14.1. The quantitative estimate of drug-likeness (QED) is 0.604. The van der Waals surface area contributed by atoms with Gasteiger partial charge in [0.25, 0.3) is 5.91 Å². The number of aliphatic imine (C=N–C) groups is 1. The highest BCUT2D eigenvalue weighted by Crippen LogP contribution is 2.41. The van der Waals surface area contributed by atoms with E-state index in [9.17, 15) is 13.2 Å². The van der Waals surface area contributed by atoms with Crippen molar-refractivity contribution >= 4 is 61.0 Å². The predicted octanol–water partition coefficient (Wildman–Crippen LogP) is 3.33. The molecule has 0 bridgehead atoms. The molecule has 2 aliphatic heterocycles. The zero-order valence-electron chi connectivity index (χ0n) is 14.2. The van der Waals surface area contributed by atoms with Crippen molar-refractivity contribution in [1.82, 2.24) is 0 Å². The number of halogens is 1. The lowest BCUT2D eigenvalue weighted by atomic mass is 10.0. The van der Waals surface area contributed by atoms with E-state index in [4.69, 9.17) is 0 Å². The third kappa shape index (κ3) is 4.05. The van der Waals surface area contributed by atoms with Gasteiger partial charge in [-0.1, -0.05) is 31.7 Å². The van der Waals surface area contributed by atoms with Crippen molar-refractivity contribution in [3.8, 4) is 0 Å². The molecule has 0 saturated carbocycles. The highest BCUT2D eigenvalue weighted by Gasteiger charge is 2.49. The molecular weight excluding hydrogens is 471 g/mol. The number of amides is 1. The number of benzene rings is 1. The lowest BCUT2D eigenvalue weighted by Gasteiger charge is -2.25. The number of thioether (sulfide) groups is 1. The molecule has 2 aliphatic rings. The number of carbonyl (C=O) groups excluding carboxylic acids is 1. The van der Waals surface area contributed by atoms with Crippen LogP contribution in [0, 0.1) is 9.49 Å². The van der Waals surface area contributed by atoms with Crippen molar-refractivity contribution in [2.45, 2.75) is 38.0 Å². The Labute approximate surface area is 166 Å². The minimum atomic E-state index is -3.04. The summed E-state index contributed by atoms with van der Waals surface area (Å²) < 4.78 is 25.2. The molecule has 0 N–H and O–H groups in total. The molecule has 1 amide bonds. The first-order chi connectivity index (χ1) is 11.8. The van der Waals surface area contributed by atoms with E-state index in [1.807, 2.05) is 43.0 Å². The van der Waals surface area contributed by atoms with E-state index >= 15 is 0 Å². The molecule has 3 rings (SSSR count). The SMILES string of the molecule is CCC(CC)C(=O)N=C1S[C@@H]2CS(=O)(=O)C[C@@H]2N1c1cccc(I)c1. The number of anilines is 1. The van der Waals surface area contributed by atoms with Gasteiger partial charge in [0.15, 0.2) is 15.0 Å². The maximum absolute atomic E-state index is 12.5. The van der Waals surface area contributed by atoms with E-state index in [2.05, 4.69) is 27.6 Å². The van der Waals surface area contributed by atoms with Gasteiger partial charge >= 0.3 is 0 Å². The zero-order chi connectivity index (χ0) is 18.2. The summed E-state index contributed by atoms with van der Waals surface area (Å²) in [6.45, 7) is 3.99. The smallest absolute Gasteiger partial charge is 0.251 e. The van der Waals surface area contributed by atoms with E-state index in [1.165, 1.54) is 11.8 Å². The first-order valence-electron chi connectivity index (χ1n) is 8.39. The van der Waals surface area contributed by atoms with Gasteiger partial charge in [0.2, 0.25) is 0 Å².